The summed E-state index contributed by atoms with van der Waals surface area (Å²) in [6.07, 6.45) is 3.21. The highest BCUT2D eigenvalue weighted by Gasteiger charge is 2.30. The second-order valence-corrected chi connectivity index (χ2v) is 8.87. The van der Waals surface area contributed by atoms with Crippen LogP contribution in [0.4, 0.5) is 5.82 Å². The number of nitrogens with one attached hydrogen (secondary N) is 2. The zero-order valence-electron chi connectivity index (χ0n) is 17.5. The minimum Gasteiger partial charge on any atom is -0.494 e. The van der Waals surface area contributed by atoms with E-state index in [0.29, 0.717) is 12.4 Å². The fraction of sp³-hybridized carbons (Fsp3) is 0.381. The Bertz CT molecular complexity index is 1220. The Balaban J connectivity index is 1.82. The lowest BCUT2D eigenvalue weighted by atomic mass is 9.96. The SMILES string of the molecule is CC(C)(C)Cn1c(O)c(C(=O)NC2CC2)c(=O)n2nc(C(=O)Nc3ccccn3)cc12. The molecule has 1 fully saturated rings. The molecule has 0 atom stereocenters. The van der Waals surface area contributed by atoms with Gasteiger partial charge in [-0.1, -0.05) is 26.8 Å². The number of fused-ring (bicyclic) bond motifs is 1. The van der Waals surface area contributed by atoms with Crippen molar-refractivity contribution in [1.29, 1.82) is 0 Å². The van der Waals surface area contributed by atoms with Crippen molar-refractivity contribution in [1.82, 2.24) is 24.5 Å². The minimum absolute atomic E-state index is 0.00963. The number of rotatable bonds is 5. The van der Waals surface area contributed by atoms with Gasteiger partial charge in [-0.2, -0.15) is 9.61 Å². The summed E-state index contributed by atoms with van der Waals surface area (Å²) in [5.41, 5.74) is -1.29. The highest BCUT2D eigenvalue weighted by atomic mass is 16.3. The normalized spacial score (nSPS) is 13.9. The summed E-state index contributed by atoms with van der Waals surface area (Å²) in [5.74, 6) is -1.32. The monoisotopic (exact) mass is 424 g/mol. The number of pyridine rings is 1. The van der Waals surface area contributed by atoms with Crippen molar-refractivity contribution in [3.8, 4) is 5.88 Å². The van der Waals surface area contributed by atoms with Gasteiger partial charge in [0.05, 0.1) is 0 Å². The first kappa shape index (κ1) is 20.6. The quantitative estimate of drug-likeness (QED) is 0.572. The molecule has 3 N–H and O–H groups in total. The van der Waals surface area contributed by atoms with Crippen LogP contribution in [0.5, 0.6) is 5.88 Å². The second-order valence-electron chi connectivity index (χ2n) is 8.87. The van der Waals surface area contributed by atoms with Crippen LogP contribution in [-0.4, -0.2) is 42.1 Å². The van der Waals surface area contributed by atoms with Crippen LogP contribution in [0.2, 0.25) is 0 Å². The first-order chi connectivity index (χ1) is 14.6. The van der Waals surface area contributed by atoms with Crippen molar-refractivity contribution in [3.05, 3.63) is 52.1 Å². The molecule has 4 rings (SSSR count). The summed E-state index contributed by atoms with van der Waals surface area (Å²) in [7, 11) is 0. The number of hydrogen-bond acceptors (Lipinski definition) is 6. The molecular formula is C21H24N6O4. The van der Waals surface area contributed by atoms with E-state index in [1.807, 2.05) is 20.8 Å². The van der Waals surface area contributed by atoms with Gasteiger partial charge in [-0.05, 0) is 30.4 Å². The van der Waals surface area contributed by atoms with Gasteiger partial charge < -0.3 is 15.7 Å². The van der Waals surface area contributed by atoms with E-state index in [1.165, 1.54) is 16.8 Å². The molecule has 0 aliphatic heterocycles. The lowest BCUT2D eigenvalue weighted by Crippen LogP contribution is -2.35. The average Bonchev–Trinajstić information content (AvgIpc) is 3.38. The molecule has 1 aliphatic rings. The van der Waals surface area contributed by atoms with Crippen LogP contribution in [0.1, 0.15) is 54.5 Å². The molecular weight excluding hydrogens is 400 g/mol. The summed E-state index contributed by atoms with van der Waals surface area (Å²) < 4.78 is 2.42. The molecule has 1 aliphatic carbocycles. The Morgan fingerprint density at radius 3 is 2.58 bits per heavy atom. The Hall–Kier alpha value is -3.69. The highest BCUT2D eigenvalue weighted by molar-refractivity contribution is 6.03. The molecule has 0 unspecified atom stereocenters. The predicted molar refractivity (Wildman–Crippen MR) is 113 cm³/mol. The number of aromatic nitrogens is 4. The minimum atomic E-state index is -0.785. The summed E-state index contributed by atoms with van der Waals surface area (Å²) in [4.78, 5) is 42.4. The standard InChI is InChI=1S/C21H24N6O4/c1-21(2,3)11-26-15-10-13(17(28)24-14-6-4-5-9-22-14)25-27(15)20(31)16(19(26)30)18(29)23-12-7-8-12/h4-6,9-10,12,30H,7-8,11H2,1-3H3,(H,23,29)(H,22,24,28). The molecule has 2 amide bonds. The Labute approximate surface area is 177 Å². The van der Waals surface area contributed by atoms with E-state index in [-0.39, 0.29) is 28.4 Å². The highest BCUT2D eigenvalue weighted by Crippen LogP contribution is 2.26. The van der Waals surface area contributed by atoms with Crippen molar-refractivity contribution in [3.63, 3.8) is 0 Å². The first-order valence-corrected chi connectivity index (χ1v) is 10.0. The van der Waals surface area contributed by atoms with E-state index in [4.69, 9.17) is 0 Å². The van der Waals surface area contributed by atoms with E-state index in [9.17, 15) is 19.5 Å². The molecule has 10 nitrogen and oxygen atoms in total. The van der Waals surface area contributed by atoms with E-state index in [1.54, 1.807) is 18.2 Å². The van der Waals surface area contributed by atoms with Gasteiger partial charge in [0.25, 0.3) is 17.4 Å². The van der Waals surface area contributed by atoms with Crippen LogP contribution in [-0.2, 0) is 6.54 Å². The Kier molecular flexibility index (Phi) is 5.00. The maximum Gasteiger partial charge on any atom is 0.291 e. The maximum absolute atomic E-state index is 13.0. The summed E-state index contributed by atoms with van der Waals surface area (Å²) in [6, 6.07) is 6.49. The molecule has 0 saturated heterocycles. The lowest BCUT2D eigenvalue weighted by Gasteiger charge is -2.23. The molecule has 0 radical (unpaired) electrons. The largest absolute Gasteiger partial charge is 0.494 e. The van der Waals surface area contributed by atoms with Crippen LogP contribution in [0.15, 0.2) is 35.3 Å². The maximum atomic E-state index is 13.0. The van der Waals surface area contributed by atoms with Crippen LogP contribution < -0.4 is 16.2 Å². The number of hydrogen-bond donors (Lipinski definition) is 3. The summed E-state index contributed by atoms with van der Waals surface area (Å²) in [5, 5.41) is 20.3. The van der Waals surface area contributed by atoms with Crippen LogP contribution >= 0.6 is 0 Å². The van der Waals surface area contributed by atoms with Gasteiger partial charge in [0.1, 0.15) is 11.5 Å². The molecule has 3 aromatic rings. The van der Waals surface area contributed by atoms with Crippen LogP contribution in [0.3, 0.4) is 0 Å². The Morgan fingerprint density at radius 2 is 1.97 bits per heavy atom. The van der Waals surface area contributed by atoms with E-state index >= 15 is 0 Å². The number of carbonyl (C=O) groups excluding carboxylic acids is 2. The molecule has 0 bridgehead atoms. The second kappa shape index (κ2) is 7.53. The summed E-state index contributed by atoms with van der Waals surface area (Å²) in [6.45, 7) is 6.15. The number of aromatic hydroxyl groups is 1. The summed E-state index contributed by atoms with van der Waals surface area (Å²) >= 11 is 0. The molecule has 3 aromatic heterocycles. The molecule has 0 spiro atoms. The third-order valence-corrected chi connectivity index (χ3v) is 4.76. The van der Waals surface area contributed by atoms with Crippen LogP contribution in [0, 0.1) is 5.41 Å². The molecule has 3 heterocycles. The van der Waals surface area contributed by atoms with Crippen molar-refractivity contribution in [2.75, 3.05) is 5.32 Å². The molecule has 31 heavy (non-hydrogen) atoms. The first-order valence-electron chi connectivity index (χ1n) is 10.0. The van der Waals surface area contributed by atoms with Crippen LogP contribution in [0.25, 0.3) is 5.65 Å². The number of carbonyl (C=O) groups is 2. The van der Waals surface area contributed by atoms with Gasteiger partial charge in [-0.3, -0.25) is 19.0 Å². The van der Waals surface area contributed by atoms with Gasteiger partial charge in [-0.15, -0.1) is 0 Å². The average molecular weight is 424 g/mol. The number of nitrogens with zero attached hydrogens (tertiary/aromatic N) is 4. The number of anilines is 1. The smallest absolute Gasteiger partial charge is 0.291 e. The molecule has 162 valence electrons. The van der Waals surface area contributed by atoms with Gasteiger partial charge in [0.15, 0.2) is 11.3 Å². The van der Waals surface area contributed by atoms with Crippen molar-refractivity contribution in [2.45, 2.75) is 46.2 Å². The fourth-order valence-electron chi connectivity index (χ4n) is 3.20. The molecule has 0 aromatic carbocycles. The molecule has 10 heteroatoms. The third kappa shape index (κ3) is 4.27. The van der Waals surface area contributed by atoms with Crippen molar-refractivity contribution < 1.29 is 14.7 Å². The van der Waals surface area contributed by atoms with Crippen molar-refractivity contribution >= 4 is 23.3 Å². The topological polar surface area (TPSA) is 131 Å². The van der Waals surface area contributed by atoms with E-state index in [0.717, 1.165) is 17.4 Å². The van der Waals surface area contributed by atoms with Gasteiger partial charge in [0, 0.05) is 24.8 Å². The Morgan fingerprint density at radius 1 is 1.23 bits per heavy atom. The fourth-order valence-corrected chi connectivity index (χ4v) is 3.20. The van der Waals surface area contributed by atoms with Crippen molar-refractivity contribution in [2.24, 2.45) is 5.41 Å². The van der Waals surface area contributed by atoms with E-state index < -0.39 is 23.3 Å². The van der Waals surface area contributed by atoms with E-state index in [2.05, 4.69) is 20.7 Å². The number of amides is 2. The lowest BCUT2D eigenvalue weighted by molar-refractivity contribution is 0.0943. The van der Waals surface area contributed by atoms with Gasteiger partial charge in [-0.25, -0.2) is 4.98 Å². The van der Waals surface area contributed by atoms with Gasteiger partial charge >= 0.3 is 0 Å². The zero-order valence-corrected chi connectivity index (χ0v) is 17.5. The molecule has 1 saturated carbocycles. The van der Waals surface area contributed by atoms with Gasteiger partial charge in [0.2, 0.25) is 5.88 Å². The zero-order chi connectivity index (χ0) is 22.3. The predicted octanol–water partition coefficient (Wildman–Crippen LogP) is 1.79. The third-order valence-electron chi connectivity index (χ3n) is 4.76.